The summed E-state index contributed by atoms with van der Waals surface area (Å²) in [4.78, 5) is 6.23. The molecule has 0 bridgehead atoms. The number of likely N-dealkylation sites (tertiary alicyclic amines) is 1. The molecule has 1 aliphatic rings. The fraction of sp³-hybridized carbons (Fsp3) is 0.423. The Morgan fingerprint density at radius 2 is 2.06 bits per heavy atom. The van der Waals surface area contributed by atoms with Crippen molar-refractivity contribution < 1.29 is 17.9 Å². The van der Waals surface area contributed by atoms with E-state index in [1.807, 2.05) is 39.1 Å². The number of pyridine rings is 1. The Morgan fingerprint density at radius 1 is 1.31 bits per heavy atom. The van der Waals surface area contributed by atoms with Crippen LogP contribution in [0.3, 0.4) is 0 Å². The SMILES string of the molecule is C\C=C/C(=C\C(=C\CC)C(F)(F)F)C(/C=C1/C(Oc2cccnc2)CCCN1C)=C(C)C. The summed E-state index contributed by atoms with van der Waals surface area (Å²) in [6, 6.07) is 3.68. The number of halogens is 3. The molecule has 3 nitrogen and oxygen atoms in total. The summed E-state index contributed by atoms with van der Waals surface area (Å²) in [6.07, 6.45) is 8.79. The summed E-state index contributed by atoms with van der Waals surface area (Å²) in [5, 5.41) is 0. The molecule has 1 aromatic heterocycles. The summed E-state index contributed by atoms with van der Waals surface area (Å²) in [6.45, 7) is 8.21. The molecule has 2 heterocycles. The van der Waals surface area contributed by atoms with E-state index in [2.05, 4.69) is 9.88 Å². The monoisotopic (exact) mass is 446 g/mol. The molecular formula is C26H33F3N2O. The van der Waals surface area contributed by atoms with Crippen LogP contribution in [0.4, 0.5) is 13.2 Å². The topological polar surface area (TPSA) is 25.4 Å². The first-order valence-electron chi connectivity index (χ1n) is 11.0. The molecule has 174 valence electrons. The molecular weight excluding hydrogens is 413 g/mol. The molecule has 0 amide bonds. The smallest absolute Gasteiger partial charge is 0.416 e. The van der Waals surface area contributed by atoms with E-state index in [4.69, 9.17) is 4.74 Å². The third-order valence-corrected chi connectivity index (χ3v) is 5.19. The normalized spacial score (nSPS) is 19.6. The van der Waals surface area contributed by atoms with Crippen molar-refractivity contribution >= 4 is 0 Å². The predicted molar refractivity (Wildman–Crippen MR) is 124 cm³/mol. The Morgan fingerprint density at radius 3 is 2.62 bits per heavy atom. The quantitative estimate of drug-likeness (QED) is 0.415. The van der Waals surface area contributed by atoms with Gasteiger partial charge in [-0.1, -0.05) is 30.7 Å². The molecule has 1 aromatic rings. The molecule has 0 radical (unpaired) electrons. The van der Waals surface area contributed by atoms with E-state index in [0.717, 1.165) is 36.2 Å². The maximum atomic E-state index is 13.6. The number of allylic oxidation sites excluding steroid dienone is 9. The summed E-state index contributed by atoms with van der Waals surface area (Å²) in [5.41, 5.74) is 2.53. The van der Waals surface area contributed by atoms with Gasteiger partial charge in [0, 0.05) is 19.8 Å². The van der Waals surface area contributed by atoms with Crippen LogP contribution in [0, 0.1) is 0 Å². The van der Waals surface area contributed by atoms with Crippen LogP contribution < -0.4 is 4.74 Å². The third kappa shape index (κ3) is 7.14. The first-order chi connectivity index (χ1) is 15.2. The van der Waals surface area contributed by atoms with Crippen molar-refractivity contribution in [2.24, 2.45) is 0 Å². The van der Waals surface area contributed by atoms with E-state index >= 15 is 0 Å². The van der Waals surface area contributed by atoms with Crippen LogP contribution in [-0.4, -0.2) is 35.8 Å². The lowest BCUT2D eigenvalue weighted by Crippen LogP contribution is -2.36. The fourth-order valence-corrected chi connectivity index (χ4v) is 3.64. The van der Waals surface area contributed by atoms with Gasteiger partial charge in [-0.05, 0) is 75.5 Å². The molecule has 6 heteroatoms. The molecule has 1 fully saturated rings. The van der Waals surface area contributed by atoms with E-state index in [-0.39, 0.29) is 6.10 Å². The Kier molecular flexibility index (Phi) is 9.36. The van der Waals surface area contributed by atoms with Crippen molar-refractivity contribution in [3.05, 3.63) is 82.9 Å². The van der Waals surface area contributed by atoms with Crippen molar-refractivity contribution in [3.8, 4) is 5.75 Å². The minimum atomic E-state index is -4.41. The van der Waals surface area contributed by atoms with Gasteiger partial charge in [-0.15, -0.1) is 0 Å². The van der Waals surface area contributed by atoms with Gasteiger partial charge in [-0.2, -0.15) is 13.2 Å². The van der Waals surface area contributed by atoms with Crippen molar-refractivity contribution in [1.29, 1.82) is 0 Å². The van der Waals surface area contributed by atoms with Gasteiger partial charge in [0.25, 0.3) is 0 Å². The van der Waals surface area contributed by atoms with Gasteiger partial charge in [-0.3, -0.25) is 4.98 Å². The predicted octanol–water partition coefficient (Wildman–Crippen LogP) is 7.18. The summed E-state index contributed by atoms with van der Waals surface area (Å²) in [5.74, 6) is 0.673. The number of likely N-dealkylation sites (N-methyl/N-ethyl adjacent to an activating group) is 1. The molecule has 0 spiro atoms. The zero-order chi connectivity index (χ0) is 23.7. The van der Waals surface area contributed by atoms with Crippen LogP contribution >= 0.6 is 0 Å². The molecule has 0 aromatic carbocycles. The Bertz CT molecular complexity index is 905. The molecule has 32 heavy (non-hydrogen) atoms. The Hall–Kier alpha value is -2.76. The number of rotatable bonds is 7. The molecule has 2 rings (SSSR count). The molecule has 1 aliphatic heterocycles. The number of hydrogen-bond acceptors (Lipinski definition) is 3. The van der Waals surface area contributed by atoms with E-state index in [0.29, 0.717) is 17.7 Å². The molecule has 0 saturated carbocycles. The molecule has 0 N–H and O–H groups in total. The highest BCUT2D eigenvalue weighted by Gasteiger charge is 2.32. The van der Waals surface area contributed by atoms with Gasteiger partial charge in [0.1, 0.15) is 11.9 Å². The van der Waals surface area contributed by atoms with E-state index in [9.17, 15) is 13.2 Å². The Balaban J connectivity index is 2.54. The average Bonchev–Trinajstić information content (AvgIpc) is 2.72. The van der Waals surface area contributed by atoms with Crippen molar-refractivity contribution in [3.63, 3.8) is 0 Å². The minimum Gasteiger partial charge on any atom is -0.483 e. The summed E-state index contributed by atoms with van der Waals surface area (Å²) < 4.78 is 47.0. The number of piperidine rings is 1. The zero-order valence-corrected chi connectivity index (χ0v) is 19.5. The maximum Gasteiger partial charge on any atom is 0.416 e. The third-order valence-electron chi connectivity index (χ3n) is 5.19. The minimum absolute atomic E-state index is 0.201. The molecule has 1 unspecified atom stereocenters. The second kappa shape index (κ2) is 11.7. The van der Waals surface area contributed by atoms with Crippen molar-refractivity contribution in [2.45, 2.75) is 59.2 Å². The highest BCUT2D eigenvalue weighted by atomic mass is 19.4. The second-order valence-electron chi connectivity index (χ2n) is 8.01. The Labute approximate surface area is 189 Å². The first kappa shape index (κ1) is 25.5. The van der Waals surface area contributed by atoms with Gasteiger partial charge in [-0.25, -0.2) is 0 Å². The number of alkyl halides is 3. The van der Waals surface area contributed by atoms with Crippen LogP contribution in [0.1, 0.15) is 47.0 Å². The van der Waals surface area contributed by atoms with Gasteiger partial charge >= 0.3 is 6.18 Å². The fourth-order valence-electron chi connectivity index (χ4n) is 3.64. The van der Waals surface area contributed by atoms with Gasteiger partial charge in [0.2, 0.25) is 0 Å². The largest absolute Gasteiger partial charge is 0.483 e. The highest BCUT2D eigenvalue weighted by Crippen LogP contribution is 2.32. The summed E-state index contributed by atoms with van der Waals surface area (Å²) >= 11 is 0. The number of ether oxygens (including phenoxy) is 1. The number of aromatic nitrogens is 1. The lowest BCUT2D eigenvalue weighted by atomic mass is 9.94. The van der Waals surface area contributed by atoms with Gasteiger partial charge in [0.15, 0.2) is 0 Å². The van der Waals surface area contributed by atoms with E-state index in [1.54, 1.807) is 38.4 Å². The lowest BCUT2D eigenvalue weighted by Gasteiger charge is -2.35. The lowest BCUT2D eigenvalue weighted by molar-refractivity contribution is -0.0884. The average molecular weight is 447 g/mol. The first-order valence-corrected chi connectivity index (χ1v) is 11.0. The van der Waals surface area contributed by atoms with Crippen LogP contribution in [0.2, 0.25) is 0 Å². The molecule has 1 atom stereocenters. The second-order valence-corrected chi connectivity index (χ2v) is 8.01. The standard InChI is InChI=1S/C26H33F3N2O/c1-6-10-20(16-21(11-7-2)26(27,28)29)23(19(3)4)17-24-25(13-9-15-31(24)5)32-22-12-8-14-30-18-22/h6,8,10-12,14,16-18,25H,7,9,13,15H2,1-5H3/b10-6-,20-16+,21-11-,24-17-. The summed E-state index contributed by atoms with van der Waals surface area (Å²) in [7, 11) is 1.99. The van der Waals surface area contributed by atoms with Crippen molar-refractivity contribution in [1.82, 2.24) is 9.88 Å². The van der Waals surface area contributed by atoms with Crippen LogP contribution in [0.15, 0.2) is 82.9 Å². The molecule has 0 aliphatic carbocycles. The van der Waals surface area contributed by atoms with Crippen LogP contribution in [0.5, 0.6) is 5.75 Å². The van der Waals surface area contributed by atoms with Crippen molar-refractivity contribution in [2.75, 3.05) is 13.6 Å². The number of nitrogens with zero attached hydrogens (tertiary/aromatic N) is 2. The van der Waals surface area contributed by atoms with Gasteiger partial charge < -0.3 is 9.64 Å². The van der Waals surface area contributed by atoms with E-state index < -0.39 is 11.7 Å². The van der Waals surface area contributed by atoms with Crippen LogP contribution in [-0.2, 0) is 0 Å². The van der Waals surface area contributed by atoms with Gasteiger partial charge in [0.05, 0.1) is 17.5 Å². The number of hydrogen-bond donors (Lipinski definition) is 0. The zero-order valence-electron chi connectivity index (χ0n) is 19.5. The van der Waals surface area contributed by atoms with E-state index in [1.165, 1.54) is 12.2 Å². The maximum absolute atomic E-state index is 13.6. The molecule has 1 saturated heterocycles. The highest BCUT2D eigenvalue weighted by molar-refractivity contribution is 5.53. The van der Waals surface area contributed by atoms with Crippen LogP contribution in [0.25, 0.3) is 0 Å².